The van der Waals surface area contributed by atoms with Crippen LogP contribution in [0.5, 0.6) is 5.75 Å². The van der Waals surface area contributed by atoms with Crippen molar-refractivity contribution < 1.29 is 4.74 Å². The first-order valence-corrected chi connectivity index (χ1v) is 7.98. The number of aromatic nitrogens is 1. The van der Waals surface area contributed by atoms with Gasteiger partial charge in [-0.25, -0.2) is 4.98 Å². The summed E-state index contributed by atoms with van der Waals surface area (Å²) in [4.78, 5) is 4.40. The summed E-state index contributed by atoms with van der Waals surface area (Å²) >= 11 is 7.87. The Morgan fingerprint density at radius 1 is 1.40 bits per heavy atom. The minimum Gasteiger partial charge on any atom is -0.485 e. The van der Waals surface area contributed by atoms with Crippen LogP contribution in [0.25, 0.3) is 0 Å². The van der Waals surface area contributed by atoms with Gasteiger partial charge in [0.25, 0.3) is 0 Å². The van der Waals surface area contributed by atoms with E-state index in [4.69, 9.17) is 16.3 Å². The van der Waals surface area contributed by atoms with Gasteiger partial charge in [-0.2, -0.15) is 0 Å². The molecular formula is C15H19ClN2OS. The van der Waals surface area contributed by atoms with E-state index in [1.54, 1.807) is 11.3 Å². The van der Waals surface area contributed by atoms with E-state index in [2.05, 4.69) is 17.2 Å². The Balaban J connectivity index is 2.04. The van der Waals surface area contributed by atoms with Crippen LogP contribution in [-0.4, -0.2) is 11.5 Å². The lowest BCUT2D eigenvalue weighted by Crippen LogP contribution is -2.14. The minimum atomic E-state index is 0.453. The molecule has 20 heavy (non-hydrogen) atoms. The van der Waals surface area contributed by atoms with Gasteiger partial charge in [0, 0.05) is 17.5 Å². The summed E-state index contributed by atoms with van der Waals surface area (Å²) < 4.78 is 5.87. The highest BCUT2D eigenvalue weighted by molar-refractivity contribution is 7.09. The zero-order valence-electron chi connectivity index (χ0n) is 11.8. The molecule has 0 aliphatic rings. The predicted octanol–water partition coefficient (Wildman–Crippen LogP) is 4.18. The predicted molar refractivity (Wildman–Crippen MR) is 84.6 cm³/mol. The van der Waals surface area contributed by atoms with Crippen molar-refractivity contribution >= 4 is 22.9 Å². The molecule has 108 valence electrons. The number of halogens is 1. The molecule has 1 aromatic carbocycles. The Kier molecular flexibility index (Phi) is 5.83. The highest BCUT2D eigenvalue weighted by atomic mass is 35.5. The Hall–Kier alpha value is -1.10. The molecule has 0 unspecified atom stereocenters. The van der Waals surface area contributed by atoms with Gasteiger partial charge in [-0.05, 0) is 26.0 Å². The van der Waals surface area contributed by atoms with E-state index in [9.17, 15) is 0 Å². The van der Waals surface area contributed by atoms with E-state index in [0.29, 0.717) is 11.6 Å². The molecule has 3 nitrogen and oxygen atoms in total. The van der Waals surface area contributed by atoms with Gasteiger partial charge in [0.05, 0.1) is 15.7 Å². The number of para-hydroxylation sites is 1. The molecule has 0 spiro atoms. The molecule has 2 aromatic rings. The maximum Gasteiger partial charge on any atom is 0.142 e. The Morgan fingerprint density at radius 2 is 2.25 bits per heavy atom. The van der Waals surface area contributed by atoms with Gasteiger partial charge in [0.15, 0.2) is 0 Å². The van der Waals surface area contributed by atoms with Crippen LogP contribution >= 0.6 is 22.9 Å². The number of nitrogens with one attached hydrogen (secondary N) is 1. The summed E-state index contributed by atoms with van der Waals surface area (Å²) in [6.07, 6.45) is 1.11. The van der Waals surface area contributed by atoms with Crippen LogP contribution in [0.1, 0.15) is 29.6 Å². The van der Waals surface area contributed by atoms with Gasteiger partial charge < -0.3 is 10.1 Å². The van der Waals surface area contributed by atoms with Crippen LogP contribution in [0, 0.1) is 6.92 Å². The monoisotopic (exact) mass is 310 g/mol. The number of aryl methyl sites for hydroxylation is 1. The zero-order chi connectivity index (χ0) is 14.4. The Labute approximate surface area is 129 Å². The van der Waals surface area contributed by atoms with E-state index in [-0.39, 0.29) is 0 Å². The molecule has 0 fully saturated rings. The average molecular weight is 311 g/mol. The van der Waals surface area contributed by atoms with Crippen LogP contribution in [0.15, 0.2) is 23.6 Å². The second-order valence-electron chi connectivity index (χ2n) is 4.55. The first kappa shape index (κ1) is 15.3. The topological polar surface area (TPSA) is 34.1 Å². The average Bonchev–Trinajstić information content (AvgIpc) is 2.84. The fourth-order valence-electron chi connectivity index (χ4n) is 1.87. The Morgan fingerprint density at radius 3 is 2.95 bits per heavy atom. The maximum atomic E-state index is 6.24. The van der Waals surface area contributed by atoms with Crippen LogP contribution in [-0.2, 0) is 13.2 Å². The van der Waals surface area contributed by atoms with Crippen molar-refractivity contribution in [3.05, 3.63) is 44.9 Å². The third-order valence-electron chi connectivity index (χ3n) is 2.82. The molecule has 0 atom stereocenters. The first-order chi connectivity index (χ1) is 9.70. The number of nitrogens with zero attached hydrogens (tertiary/aromatic N) is 1. The van der Waals surface area contributed by atoms with Gasteiger partial charge in [-0.3, -0.25) is 0 Å². The quantitative estimate of drug-likeness (QED) is 0.779. The second kappa shape index (κ2) is 7.62. The zero-order valence-corrected chi connectivity index (χ0v) is 13.4. The van der Waals surface area contributed by atoms with Gasteiger partial charge in [0.1, 0.15) is 12.4 Å². The van der Waals surface area contributed by atoms with Gasteiger partial charge in [0.2, 0.25) is 0 Å². The van der Waals surface area contributed by atoms with Crippen molar-refractivity contribution in [2.75, 3.05) is 6.54 Å². The number of rotatable bonds is 7. The molecule has 2 rings (SSSR count). The normalized spacial score (nSPS) is 10.8. The van der Waals surface area contributed by atoms with Crippen LogP contribution in [0.4, 0.5) is 0 Å². The summed E-state index contributed by atoms with van der Waals surface area (Å²) in [5, 5.41) is 7.08. The molecule has 0 aliphatic heterocycles. The van der Waals surface area contributed by atoms with Crippen LogP contribution in [0.2, 0.25) is 5.02 Å². The summed E-state index contributed by atoms with van der Waals surface area (Å²) in [5.41, 5.74) is 2.03. The molecule has 0 bridgehead atoms. The van der Waals surface area contributed by atoms with Crippen molar-refractivity contribution in [3.63, 3.8) is 0 Å². The van der Waals surface area contributed by atoms with Crippen molar-refractivity contribution in [3.8, 4) is 5.75 Å². The lowest BCUT2D eigenvalue weighted by Gasteiger charge is -2.13. The second-order valence-corrected chi connectivity index (χ2v) is 6.02. The number of hydrogen-bond donors (Lipinski definition) is 1. The third kappa shape index (κ3) is 4.20. The van der Waals surface area contributed by atoms with Crippen molar-refractivity contribution in [2.45, 2.75) is 33.4 Å². The van der Waals surface area contributed by atoms with Crippen LogP contribution in [0.3, 0.4) is 0 Å². The first-order valence-electron chi connectivity index (χ1n) is 6.72. The van der Waals surface area contributed by atoms with E-state index in [0.717, 1.165) is 41.5 Å². The molecule has 5 heteroatoms. The lowest BCUT2D eigenvalue weighted by molar-refractivity contribution is 0.298. The molecule has 0 amide bonds. The molecule has 0 saturated heterocycles. The molecule has 0 aliphatic carbocycles. The summed E-state index contributed by atoms with van der Waals surface area (Å²) in [7, 11) is 0. The summed E-state index contributed by atoms with van der Waals surface area (Å²) in [5.74, 6) is 0.753. The van der Waals surface area contributed by atoms with Gasteiger partial charge >= 0.3 is 0 Å². The highest BCUT2D eigenvalue weighted by Gasteiger charge is 2.09. The van der Waals surface area contributed by atoms with E-state index in [1.165, 1.54) is 0 Å². The van der Waals surface area contributed by atoms with Crippen LogP contribution < -0.4 is 10.1 Å². The summed E-state index contributed by atoms with van der Waals surface area (Å²) in [6, 6.07) is 5.84. The summed E-state index contributed by atoms with van der Waals surface area (Å²) in [6.45, 7) is 6.34. The number of ether oxygens (including phenoxy) is 1. The SMILES string of the molecule is CCCNCc1cccc(Cl)c1OCc1csc(C)n1. The van der Waals surface area contributed by atoms with Crippen molar-refractivity contribution in [1.29, 1.82) is 0 Å². The number of thiazole rings is 1. The molecule has 0 saturated carbocycles. The smallest absolute Gasteiger partial charge is 0.142 e. The largest absolute Gasteiger partial charge is 0.485 e. The maximum absolute atomic E-state index is 6.24. The van der Waals surface area contributed by atoms with Gasteiger partial charge in [-0.15, -0.1) is 11.3 Å². The Bertz CT molecular complexity index is 557. The fraction of sp³-hybridized carbons (Fsp3) is 0.400. The molecule has 1 N–H and O–H groups in total. The van der Waals surface area contributed by atoms with E-state index in [1.807, 2.05) is 30.5 Å². The standard InChI is InChI=1S/C15H19ClN2OS/c1-3-7-17-8-12-5-4-6-14(16)15(12)19-9-13-10-20-11(2)18-13/h4-6,10,17H,3,7-9H2,1-2H3. The van der Waals surface area contributed by atoms with Crippen molar-refractivity contribution in [1.82, 2.24) is 10.3 Å². The number of hydrogen-bond acceptors (Lipinski definition) is 4. The minimum absolute atomic E-state index is 0.453. The molecule has 1 heterocycles. The lowest BCUT2D eigenvalue weighted by atomic mass is 10.2. The highest BCUT2D eigenvalue weighted by Crippen LogP contribution is 2.29. The third-order valence-corrected chi connectivity index (χ3v) is 3.94. The number of benzene rings is 1. The van der Waals surface area contributed by atoms with Gasteiger partial charge in [-0.1, -0.05) is 30.7 Å². The van der Waals surface area contributed by atoms with Crippen molar-refractivity contribution in [2.24, 2.45) is 0 Å². The van der Waals surface area contributed by atoms with E-state index >= 15 is 0 Å². The fourth-order valence-corrected chi connectivity index (χ4v) is 2.72. The molecule has 0 radical (unpaired) electrons. The molecule has 1 aromatic heterocycles. The molecular weight excluding hydrogens is 292 g/mol. The van der Waals surface area contributed by atoms with E-state index < -0.39 is 0 Å².